The van der Waals surface area contributed by atoms with Gasteiger partial charge in [-0.15, -0.1) is 0 Å². The molecule has 0 unspecified atom stereocenters. The van der Waals surface area contributed by atoms with E-state index in [9.17, 15) is 19.1 Å². The van der Waals surface area contributed by atoms with E-state index in [0.29, 0.717) is 39.8 Å². The highest BCUT2D eigenvalue weighted by Gasteiger charge is 2.30. The van der Waals surface area contributed by atoms with Gasteiger partial charge in [-0.2, -0.15) is 0 Å². The van der Waals surface area contributed by atoms with Gasteiger partial charge in [0.1, 0.15) is 28.8 Å². The van der Waals surface area contributed by atoms with Gasteiger partial charge in [0.25, 0.3) is 11.8 Å². The van der Waals surface area contributed by atoms with Crippen LogP contribution in [0.2, 0.25) is 0 Å². The second-order valence-corrected chi connectivity index (χ2v) is 12.1. The number of amides is 2. The highest BCUT2D eigenvalue weighted by Crippen LogP contribution is 2.38. The van der Waals surface area contributed by atoms with Crippen molar-refractivity contribution < 1.29 is 23.8 Å². The number of alkyl halides is 1. The van der Waals surface area contributed by atoms with E-state index >= 15 is 0 Å². The molecule has 2 atom stereocenters. The first-order valence-corrected chi connectivity index (χ1v) is 15.0. The summed E-state index contributed by atoms with van der Waals surface area (Å²) in [6.45, 7) is 1.05. The summed E-state index contributed by atoms with van der Waals surface area (Å²) in [6.07, 6.45) is 1.34. The van der Waals surface area contributed by atoms with Gasteiger partial charge in [0.2, 0.25) is 0 Å². The second-order valence-electron chi connectivity index (χ2n) is 12.1. The van der Waals surface area contributed by atoms with E-state index in [2.05, 4.69) is 10.6 Å². The molecule has 2 fully saturated rings. The number of rotatable bonds is 7. The molecule has 232 valence electrons. The van der Waals surface area contributed by atoms with E-state index in [1.165, 1.54) is 17.0 Å². The van der Waals surface area contributed by atoms with Crippen LogP contribution in [0.4, 0.5) is 4.39 Å². The van der Waals surface area contributed by atoms with E-state index in [0.717, 1.165) is 41.6 Å². The van der Waals surface area contributed by atoms with Gasteiger partial charge >= 0.3 is 0 Å². The fourth-order valence-corrected chi connectivity index (χ4v) is 6.36. The molecule has 1 saturated carbocycles. The number of ether oxygens (including phenoxy) is 1. The topological polar surface area (TPSA) is 155 Å². The Morgan fingerprint density at radius 1 is 1.09 bits per heavy atom. The summed E-state index contributed by atoms with van der Waals surface area (Å²) in [5.41, 5.74) is 16.0. The maximum Gasteiger partial charge on any atom is 0.254 e. The average molecular weight is 612 g/mol. The highest BCUT2D eigenvalue weighted by molar-refractivity contribution is 6.00. The van der Waals surface area contributed by atoms with E-state index < -0.39 is 18.1 Å². The van der Waals surface area contributed by atoms with Crippen molar-refractivity contribution in [1.82, 2.24) is 24.0 Å². The number of primary amides is 1. The van der Waals surface area contributed by atoms with Crippen LogP contribution in [0.1, 0.15) is 40.0 Å². The number of hydrogen-bond donors (Lipinski definition) is 3. The molecule has 45 heavy (non-hydrogen) atoms. The number of carbonyl (C=O) groups is 2. The Bertz CT molecular complexity index is 1990. The second kappa shape index (κ2) is 10.9. The number of phenols is 1. The number of likely N-dealkylation sites (tertiary alicyclic amines) is 1. The molecule has 1 saturated heterocycles. The standard InChI is InChI=1S/C33H34FN7O4/c1-39-29-25(9-20(12-28(29)45-2)33(44)40-15-21(34)13-22(35)16-40)38-32(39)26-10-19-6-8-24(37-31(19)41(26)14-17-3-4-17)18-5-7-23(30(36)43)27(42)11-18/h5-12,17,21-22,42H,3-4,13-16,35H2,1-2H3,(H2,36,43)/t21-,22-/m1/s1. The molecule has 3 aromatic heterocycles. The van der Waals surface area contributed by atoms with Crippen LogP contribution in [-0.2, 0) is 13.6 Å². The van der Waals surface area contributed by atoms with Crippen LogP contribution in [0.25, 0.3) is 44.8 Å². The van der Waals surface area contributed by atoms with Crippen LogP contribution < -0.4 is 16.2 Å². The molecule has 5 aromatic rings. The summed E-state index contributed by atoms with van der Waals surface area (Å²) in [4.78, 5) is 36.5. The lowest BCUT2D eigenvalue weighted by Gasteiger charge is -2.33. The summed E-state index contributed by atoms with van der Waals surface area (Å²) in [6, 6.07) is 13.6. The first-order chi connectivity index (χ1) is 21.6. The van der Waals surface area contributed by atoms with Crippen molar-refractivity contribution in [3.05, 3.63) is 59.7 Å². The number of piperidine rings is 1. The first kappa shape index (κ1) is 28.8. The molecule has 1 aliphatic heterocycles. The number of fused-ring (bicyclic) bond motifs is 2. The van der Waals surface area contributed by atoms with Crippen molar-refractivity contribution in [2.75, 3.05) is 20.2 Å². The SMILES string of the molecule is COc1cc(C(=O)N2C[C@H](N)C[C@@H](F)C2)cc2nc(-c3cc4ccc(-c5ccc(C(N)=O)c(O)c5)nc4n3CC3CC3)n(C)c12. The predicted octanol–water partition coefficient (Wildman–Crippen LogP) is 3.99. The first-order valence-electron chi connectivity index (χ1n) is 15.0. The molecule has 0 spiro atoms. The molecular formula is C33H34FN7O4. The van der Waals surface area contributed by atoms with E-state index in [-0.39, 0.29) is 36.7 Å². The zero-order chi connectivity index (χ0) is 31.6. The van der Waals surface area contributed by atoms with Crippen LogP contribution in [0.15, 0.2) is 48.5 Å². The Labute approximate surface area is 258 Å². The zero-order valence-corrected chi connectivity index (χ0v) is 25.0. The van der Waals surface area contributed by atoms with Gasteiger partial charge in [0.15, 0.2) is 5.82 Å². The van der Waals surface area contributed by atoms with Gasteiger partial charge in [-0.05, 0) is 67.6 Å². The monoisotopic (exact) mass is 611 g/mol. The van der Waals surface area contributed by atoms with E-state index in [4.69, 9.17) is 26.2 Å². The number of aryl methyl sites for hydroxylation is 1. The summed E-state index contributed by atoms with van der Waals surface area (Å²) in [5, 5.41) is 11.3. The maximum atomic E-state index is 14.3. The van der Waals surface area contributed by atoms with Crippen LogP contribution in [0.3, 0.4) is 0 Å². The van der Waals surface area contributed by atoms with Crippen LogP contribution in [0, 0.1) is 5.92 Å². The highest BCUT2D eigenvalue weighted by atomic mass is 19.1. The minimum absolute atomic E-state index is 0.00547. The average Bonchev–Trinajstić information content (AvgIpc) is 3.68. The molecule has 2 amide bonds. The van der Waals surface area contributed by atoms with Crippen LogP contribution >= 0.6 is 0 Å². The molecule has 0 radical (unpaired) electrons. The number of benzene rings is 2. The van der Waals surface area contributed by atoms with Gasteiger partial charge in [-0.1, -0.05) is 6.07 Å². The number of methoxy groups -OCH3 is 1. The molecule has 4 heterocycles. The minimum atomic E-state index is -1.16. The lowest BCUT2D eigenvalue weighted by molar-refractivity contribution is 0.0606. The quantitative estimate of drug-likeness (QED) is 0.251. The van der Waals surface area contributed by atoms with Crippen molar-refractivity contribution in [2.45, 2.75) is 38.0 Å². The molecule has 2 aliphatic rings. The number of aromatic nitrogens is 4. The largest absolute Gasteiger partial charge is 0.507 e. The molecular weight excluding hydrogens is 577 g/mol. The Morgan fingerprint density at radius 2 is 1.89 bits per heavy atom. The lowest BCUT2D eigenvalue weighted by atomic mass is 10.0. The molecule has 2 aromatic carbocycles. The number of imidazole rings is 1. The fraction of sp³-hybridized carbons (Fsp3) is 0.333. The predicted molar refractivity (Wildman–Crippen MR) is 168 cm³/mol. The Kier molecular flexibility index (Phi) is 6.96. The van der Waals surface area contributed by atoms with Crippen molar-refractivity contribution in [3.63, 3.8) is 0 Å². The number of aromatic hydroxyl groups is 1. The van der Waals surface area contributed by atoms with Crippen LogP contribution in [-0.4, -0.2) is 73.3 Å². The Hall–Kier alpha value is -4.97. The van der Waals surface area contributed by atoms with Gasteiger partial charge < -0.3 is 35.3 Å². The summed E-state index contributed by atoms with van der Waals surface area (Å²) >= 11 is 0. The summed E-state index contributed by atoms with van der Waals surface area (Å²) < 4.78 is 24.1. The number of hydrogen-bond acceptors (Lipinski definition) is 7. The van der Waals surface area contributed by atoms with E-state index in [1.807, 2.05) is 23.7 Å². The number of nitrogens with zero attached hydrogens (tertiary/aromatic N) is 5. The third-order valence-corrected chi connectivity index (χ3v) is 8.79. The normalized spacial score (nSPS) is 18.5. The van der Waals surface area contributed by atoms with Crippen molar-refractivity contribution >= 4 is 33.9 Å². The summed E-state index contributed by atoms with van der Waals surface area (Å²) in [7, 11) is 3.46. The molecule has 12 heteroatoms. The number of nitrogens with two attached hydrogens (primary N) is 2. The van der Waals surface area contributed by atoms with Crippen molar-refractivity contribution in [3.8, 4) is 34.3 Å². The van der Waals surface area contributed by atoms with Gasteiger partial charge in [0, 0.05) is 42.7 Å². The van der Waals surface area contributed by atoms with Gasteiger partial charge in [0.05, 0.1) is 36.1 Å². The molecule has 7 rings (SSSR count). The van der Waals surface area contributed by atoms with Crippen LogP contribution in [0.5, 0.6) is 11.5 Å². The fourth-order valence-electron chi connectivity index (χ4n) is 6.36. The molecule has 11 nitrogen and oxygen atoms in total. The third-order valence-electron chi connectivity index (χ3n) is 8.79. The third kappa shape index (κ3) is 5.14. The zero-order valence-electron chi connectivity index (χ0n) is 25.0. The lowest BCUT2D eigenvalue weighted by Crippen LogP contribution is -2.50. The van der Waals surface area contributed by atoms with E-state index in [1.54, 1.807) is 25.3 Å². The Morgan fingerprint density at radius 3 is 2.58 bits per heavy atom. The molecule has 1 aliphatic carbocycles. The van der Waals surface area contributed by atoms with Crippen molar-refractivity contribution in [2.24, 2.45) is 24.4 Å². The number of pyridine rings is 1. The smallest absolute Gasteiger partial charge is 0.254 e. The van der Waals surface area contributed by atoms with Gasteiger partial charge in [-0.25, -0.2) is 14.4 Å². The number of halogens is 1. The molecule has 5 N–H and O–H groups in total. The Balaban J connectivity index is 1.33. The minimum Gasteiger partial charge on any atom is -0.507 e. The molecule has 0 bridgehead atoms. The maximum absolute atomic E-state index is 14.3. The number of carbonyl (C=O) groups excluding carboxylic acids is 2. The summed E-state index contributed by atoms with van der Waals surface area (Å²) in [5.74, 6) is 0.474. The van der Waals surface area contributed by atoms with Crippen molar-refractivity contribution in [1.29, 1.82) is 0 Å². The van der Waals surface area contributed by atoms with Gasteiger partial charge in [-0.3, -0.25) is 9.59 Å².